The third-order valence-electron chi connectivity index (χ3n) is 4.25. The van der Waals surface area contributed by atoms with E-state index in [-0.39, 0.29) is 10.7 Å². The molecule has 3 aromatic rings. The minimum Gasteiger partial charge on any atom is -0.365 e. The zero-order valence-corrected chi connectivity index (χ0v) is 16.3. The maximum atomic E-state index is 12.5. The maximum absolute atomic E-state index is 12.5. The van der Waals surface area contributed by atoms with Gasteiger partial charge in [-0.3, -0.25) is 4.72 Å². The lowest BCUT2D eigenvalue weighted by Gasteiger charge is -2.10. The van der Waals surface area contributed by atoms with E-state index >= 15 is 0 Å². The van der Waals surface area contributed by atoms with Gasteiger partial charge in [0.05, 0.1) is 4.90 Å². The SMILES string of the molecule is Cc1cccc(CNc2ccc(NS(=O)(=O)c3ccc(C)c(C)c3)nn2)c1. The Balaban J connectivity index is 1.67. The Morgan fingerprint density at radius 2 is 1.59 bits per heavy atom. The van der Waals surface area contributed by atoms with Crippen LogP contribution in [0, 0.1) is 20.8 Å². The van der Waals surface area contributed by atoms with Gasteiger partial charge in [-0.25, -0.2) is 8.42 Å². The van der Waals surface area contributed by atoms with Crippen molar-refractivity contribution in [2.24, 2.45) is 0 Å². The fraction of sp³-hybridized carbons (Fsp3) is 0.200. The maximum Gasteiger partial charge on any atom is 0.263 e. The Morgan fingerprint density at radius 3 is 2.26 bits per heavy atom. The summed E-state index contributed by atoms with van der Waals surface area (Å²) in [5, 5.41) is 11.2. The van der Waals surface area contributed by atoms with Crippen LogP contribution in [0.25, 0.3) is 0 Å². The van der Waals surface area contributed by atoms with Crippen LogP contribution in [0.3, 0.4) is 0 Å². The molecule has 0 saturated heterocycles. The number of aryl methyl sites for hydroxylation is 3. The lowest BCUT2D eigenvalue weighted by atomic mass is 10.1. The van der Waals surface area contributed by atoms with Crippen molar-refractivity contribution in [2.75, 3.05) is 10.0 Å². The van der Waals surface area contributed by atoms with Gasteiger partial charge in [-0.05, 0) is 61.7 Å². The Labute approximate surface area is 159 Å². The molecule has 1 heterocycles. The molecule has 0 saturated carbocycles. The van der Waals surface area contributed by atoms with Crippen molar-refractivity contribution in [1.82, 2.24) is 10.2 Å². The van der Waals surface area contributed by atoms with Gasteiger partial charge in [-0.15, -0.1) is 10.2 Å². The van der Waals surface area contributed by atoms with Crippen LogP contribution in [0.2, 0.25) is 0 Å². The zero-order valence-electron chi connectivity index (χ0n) is 15.5. The van der Waals surface area contributed by atoms with Crippen LogP contribution in [0.1, 0.15) is 22.3 Å². The Bertz CT molecular complexity index is 1050. The molecule has 2 N–H and O–H groups in total. The molecule has 0 aliphatic rings. The second-order valence-corrected chi connectivity index (χ2v) is 8.18. The molecule has 0 fully saturated rings. The highest BCUT2D eigenvalue weighted by molar-refractivity contribution is 7.92. The number of rotatable bonds is 6. The Kier molecular flexibility index (Phi) is 5.41. The van der Waals surface area contributed by atoms with Crippen LogP contribution in [0.15, 0.2) is 59.5 Å². The lowest BCUT2D eigenvalue weighted by Crippen LogP contribution is -2.15. The first-order valence-electron chi connectivity index (χ1n) is 8.57. The molecule has 0 radical (unpaired) electrons. The van der Waals surface area contributed by atoms with Gasteiger partial charge in [0.15, 0.2) is 5.82 Å². The van der Waals surface area contributed by atoms with Crippen LogP contribution >= 0.6 is 0 Å². The van der Waals surface area contributed by atoms with Crippen LogP contribution in [-0.2, 0) is 16.6 Å². The molecule has 6 nitrogen and oxygen atoms in total. The second-order valence-electron chi connectivity index (χ2n) is 6.50. The smallest absolute Gasteiger partial charge is 0.263 e. The van der Waals surface area contributed by atoms with Gasteiger partial charge in [-0.1, -0.05) is 35.9 Å². The van der Waals surface area contributed by atoms with E-state index in [1.807, 2.05) is 39.0 Å². The molecule has 0 bridgehead atoms. The molecule has 140 valence electrons. The molecule has 7 heteroatoms. The molecule has 2 aromatic carbocycles. The number of anilines is 2. The summed E-state index contributed by atoms with van der Waals surface area (Å²) in [7, 11) is -3.70. The van der Waals surface area contributed by atoms with E-state index in [0.717, 1.165) is 16.7 Å². The summed E-state index contributed by atoms with van der Waals surface area (Å²) < 4.78 is 27.5. The fourth-order valence-electron chi connectivity index (χ4n) is 2.57. The first-order valence-corrected chi connectivity index (χ1v) is 10.0. The van der Waals surface area contributed by atoms with Gasteiger partial charge >= 0.3 is 0 Å². The van der Waals surface area contributed by atoms with Crippen LogP contribution in [0.4, 0.5) is 11.6 Å². The van der Waals surface area contributed by atoms with Gasteiger partial charge in [0.1, 0.15) is 5.82 Å². The predicted molar refractivity (Wildman–Crippen MR) is 107 cm³/mol. The fourth-order valence-corrected chi connectivity index (χ4v) is 3.65. The number of sulfonamides is 1. The summed E-state index contributed by atoms with van der Waals surface area (Å²) >= 11 is 0. The molecule has 27 heavy (non-hydrogen) atoms. The highest BCUT2D eigenvalue weighted by Gasteiger charge is 2.15. The molecule has 0 atom stereocenters. The number of nitrogens with one attached hydrogen (secondary N) is 2. The first kappa shape index (κ1) is 18.8. The van der Waals surface area contributed by atoms with Crippen LogP contribution in [-0.4, -0.2) is 18.6 Å². The largest absolute Gasteiger partial charge is 0.365 e. The van der Waals surface area contributed by atoms with Crippen molar-refractivity contribution in [3.05, 3.63) is 76.9 Å². The molecular formula is C20H22N4O2S. The number of nitrogens with zero attached hydrogens (tertiary/aromatic N) is 2. The van der Waals surface area contributed by atoms with Gasteiger partial charge in [0, 0.05) is 6.54 Å². The summed E-state index contributed by atoms with van der Waals surface area (Å²) in [6.45, 7) is 6.47. The standard InChI is InChI=1S/C20H22N4O2S/c1-14-5-4-6-17(11-14)13-21-19-9-10-20(23-22-19)24-27(25,26)18-8-7-15(2)16(3)12-18/h4-12H,13H2,1-3H3,(H,21,22)(H,23,24). The van der Waals surface area contributed by atoms with E-state index in [9.17, 15) is 8.42 Å². The van der Waals surface area contributed by atoms with Crippen LogP contribution < -0.4 is 10.0 Å². The molecule has 3 rings (SSSR count). The van der Waals surface area contributed by atoms with Crippen LogP contribution in [0.5, 0.6) is 0 Å². The topological polar surface area (TPSA) is 84.0 Å². The molecule has 0 amide bonds. The average molecular weight is 382 g/mol. The van der Waals surface area contributed by atoms with E-state index in [2.05, 4.69) is 26.3 Å². The summed E-state index contributed by atoms with van der Waals surface area (Å²) in [4.78, 5) is 0.203. The van der Waals surface area contributed by atoms with Gasteiger partial charge < -0.3 is 5.32 Å². The predicted octanol–water partition coefficient (Wildman–Crippen LogP) is 3.81. The van der Waals surface area contributed by atoms with Gasteiger partial charge in [0.2, 0.25) is 0 Å². The van der Waals surface area contributed by atoms with Crippen molar-refractivity contribution in [1.29, 1.82) is 0 Å². The van der Waals surface area contributed by atoms with E-state index in [1.165, 1.54) is 5.56 Å². The van der Waals surface area contributed by atoms with Crippen molar-refractivity contribution in [2.45, 2.75) is 32.2 Å². The van der Waals surface area contributed by atoms with E-state index in [4.69, 9.17) is 0 Å². The highest BCUT2D eigenvalue weighted by atomic mass is 32.2. The third kappa shape index (κ3) is 4.83. The first-order chi connectivity index (χ1) is 12.8. The highest BCUT2D eigenvalue weighted by Crippen LogP contribution is 2.18. The van der Waals surface area contributed by atoms with E-state index in [0.29, 0.717) is 12.4 Å². The molecular weight excluding hydrogens is 360 g/mol. The average Bonchev–Trinajstić information content (AvgIpc) is 2.63. The van der Waals surface area contributed by atoms with Gasteiger partial charge in [-0.2, -0.15) is 0 Å². The summed E-state index contributed by atoms with van der Waals surface area (Å²) in [6, 6.07) is 16.5. The van der Waals surface area contributed by atoms with E-state index in [1.54, 1.807) is 30.3 Å². The van der Waals surface area contributed by atoms with E-state index < -0.39 is 10.0 Å². The summed E-state index contributed by atoms with van der Waals surface area (Å²) in [5.74, 6) is 0.750. The monoisotopic (exact) mass is 382 g/mol. The Morgan fingerprint density at radius 1 is 0.852 bits per heavy atom. The van der Waals surface area contributed by atoms with Crippen molar-refractivity contribution in [3.8, 4) is 0 Å². The number of benzene rings is 2. The number of aromatic nitrogens is 2. The van der Waals surface area contributed by atoms with Crippen molar-refractivity contribution >= 4 is 21.7 Å². The van der Waals surface area contributed by atoms with Crippen molar-refractivity contribution in [3.63, 3.8) is 0 Å². The number of hydrogen-bond acceptors (Lipinski definition) is 5. The summed E-state index contributed by atoms with van der Waals surface area (Å²) in [5.41, 5.74) is 4.28. The van der Waals surface area contributed by atoms with Crippen molar-refractivity contribution < 1.29 is 8.42 Å². The third-order valence-corrected chi connectivity index (χ3v) is 5.60. The molecule has 0 aliphatic heterocycles. The zero-order chi connectivity index (χ0) is 19.4. The minimum atomic E-state index is -3.70. The minimum absolute atomic E-state index is 0.175. The quantitative estimate of drug-likeness (QED) is 0.677. The second kappa shape index (κ2) is 7.75. The summed E-state index contributed by atoms with van der Waals surface area (Å²) in [6.07, 6.45) is 0. The molecule has 0 aliphatic carbocycles. The van der Waals surface area contributed by atoms with Gasteiger partial charge in [0.25, 0.3) is 10.0 Å². The number of hydrogen-bond donors (Lipinski definition) is 2. The molecule has 0 spiro atoms. The molecule has 1 aromatic heterocycles. The lowest BCUT2D eigenvalue weighted by molar-refractivity contribution is 0.601. The normalized spacial score (nSPS) is 11.2. The Hall–Kier alpha value is -2.93. The molecule has 0 unspecified atom stereocenters.